The van der Waals surface area contributed by atoms with Crippen molar-refractivity contribution in [1.29, 1.82) is 0 Å². The van der Waals surface area contributed by atoms with Gasteiger partial charge >= 0.3 is 0 Å². The van der Waals surface area contributed by atoms with Crippen LogP contribution < -0.4 is 0 Å². The van der Waals surface area contributed by atoms with Crippen LogP contribution in [0.4, 0.5) is 0 Å². The Labute approximate surface area is 157 Å². The van der Waals surface area contributed by atoms with Crippen molar-refractivity contribution in [2.45, 2.75) is 64.1 Å². The van der Waals surface area contributed by atoms with Gasteiger partial charge < -0.3 is 15.3 Å². The Hall–Kier alpha value is -0.420. The lowest BCUT2D eigenvalue weighted by Gasteiger charge is -2.73. The van der Waals surface area contributed by atoms with Gasteiger partial charge in [-0.25, -0.2) is 0 Å². The third-order valence-corrected chi connectivity index (χ3v) is 9.70. The van der Waals surface area contributed by atoms with E-state index >= 15 is 0 Å². The third-order valence-electron chi connectivity index (χ3n) is 9.70. The summed E-state index contributed by atoms with van der Waals surface area (Å²) in [6, 6.07) is 0. The summed E-state index contributed by atoms with van der Waals surface area (Å²) in [4.78, 5) is 2.49. The van der Waals surface area contributed by atoms with Gasteiger partial charge in [0, 0.05) is 25.0 Å². The first-order chi connectivity index (χ1) is 12.4. The molecule has 0 aromatic rings. The molecule has 1 aliphatic heterocycles. The highest BCUT2D eigenvalue weighted by Crippen LogP contribution is 2.73. The van der Waals surface area contributed by atoms with Crippen molar-refractivity contribution < 1.29 is 15.3 Å². The Balaban J connectivity index is 1.62. The second-order valence-electron chi connectivity index (χ2n) is 10.6. The smallest absolute Gasteiger partial charge is 0.0834 e. The van der Waals surface area contributed by atoms with Crippen LogP contribution in [0.2, 0.25) is 0 Å². The minimum Gasteiger partial charge on any atom is -0.395 e. The fraction of sp³-hybridized carbons (Fsp3) is 0.909. The van der Waals surface area contributed by atoms with Crippen LogP contribution in [0.3, 0.4) is 0 Å². The molecule has 5 aliphatic carbocycles. The van der Waals surface area contributed by atoms with Crippen LogP contribution in [0.1, 0.15) is 51.9 Å². The van der Waals surface area contributed by atoms with Crippen molar-refractivity contribution in [2.75, 3.05) is 26.2 Å². The lowest BCUT2D eigenvalue weighted by molar-refractivity contribution is -0.276. The molecule has 0 aromatic heterocycles. The first-order valence-corrected chi connectivity index (χ1v) is 10.8. The highest BCUT2D eigenvalue weighted by Gasteiger charge is 2.72. The number of β-amino-alcohol motifs (C(OH)–C–C–N with tert-alkyl or cyclic N) is 1. The van der Waals surface area contributed by atoms with Crippen LogP contribution in [0.15, 0.2) is 12.2 Å². The SMILES string of the molecule is C=C1C2CC[C@]3(C(C2)C24CCC[C@@](C)(CN(CCO)C2)[C@H]4C[C@@H]3O)[C@H]1O. The third kappa shape index (κ3) is 1.95. The van der Waals surface area contributed by atoms with Gasteiger partial charge in [-0.05, 0) is 72.7 Å². The van der Waals surface area contributed by atoms with Crippen LogP contribution >= 0.6 is 0 Å². The molecule has 4 bridgehead atoms. The summed E-state index contributed by atoms with van der Waals surface area (Å²) < 4.78 is 0. The van der Waals surface area contributed by atoms with Crippen LogP contribution in [0.5, 0.6) is 0 Å². The fourth-order valence-electron chi connectivity index (χ4n) is 8.82. The molecule has 1 heterocycles. The molecule has 3 N–H and O–H groups in total. The number of hydrogen-bond acceptors (Lipinski definition) is 4. The molecule has 6 aliphatic rings. The van der Waals surface area contributed by atoms with Crippen molar-refractivity contribution in [3.63, 3.8) is 0 Å². The zero-order chi connectivity index (χ0) is 18.3. The van der Waals surface area contributed by atoms with Gasteiger partial charge in [-0.1, -0.05) is 19.9 Å². The number of hydrogen-bond donors (Lipinski definition) is 3. The molecule has 8 atom stereocenters. The summed E-state index contributed by atoms with van der Waals surface area (Å²) in [5.41, 5.74) is 1.04. The summed E-state index contributed by atoms with van der Waals surface area (Å²) in [6.45, 7) is 9.72. The Morgan fingerprint density at radius 2 is 1.92 bits per heavy atom. The van der Waals surface area contributed by atoms with E-state index in [1.165, 1.54) is 19.3 Å². The number of fused-ring (bicyclic) bond motifs is 2. The highest BCUT2D eigenvalue weighted by molar-refractivity contribution is 5.29. The molecule has 0 amide bonds. The first-order valence-electron chi connectivity index (χ1n) is 10.8. The predicted octanol–water partition coefficient (Wildman–Crippen LogP) is 2.19. The van der Waals surface area contributed by atoms with E-state index in [1.807, 2.05) is 0 Å². The molecule has 5 saturated carbocycles. The minimum absolute atomic E-state index is 0.194. The lowest BCUT2D eigenvalue weighted by Crippen LogP contribution is -2.74. The summed E-state index contributed by atoms with van der Waals surface area (Å²) in [5.74, 6) is 1.37. The minimum atomic E-state index is -0.535. The largest absolute Gasteiger partial charge is 0.395 e. The van der Waals surface area contributed by atoms with Crippen LogP contribution in [0, 0.1) is 34.0 Å². The summed E-state index contributed by atoms with van der Waals surface area (Å²) in [7, 11) is 0. The summed E-state index contributed by atoms with van der Waals surface area (Å²) >= 11 is 0. The van der Waals surface area contributed by atoms with Gasteiger partial charge in [0.1, 0.15) is 0 Å². The zero-order valence-electron chi connectivity index (χ0n) is 16.2. The molecule has 6 fully saturated rings. The van der Waals surface area contributed by atoms with Crippen molar-refractivity contribution in [2.24, 2.45) is 34.0 Å². The van der Waals surface area contributed by atoms with E-state index in [0.717, 1.165) is 50.9 Å². The van der Waals surface area contributed by atoms with Crippen LogP contribution in [-0.2, 0) is 0 Å². The monoisotopic (exact) mass is 361 g/mol. The molecule has 0 radical (unpaired) electrons. The van der Waals surface area contributed by atoms with Crippen molar-refractivity contribution >= 4 is 0 Å². The Morgan fingerprint density at radius 1 is 1.12 bits per heavy atom. The molecule has 0 aromatic carbocycles. The fourth-order valence-corrected chi connectivity index (χ4v) is 8.82. The maximum atomic E-state index is 11.4. The average Bonchev–Trinajstić information content (AvgIpc) is 2.60. The number of nitrogens with zero attached hydrogens (tertiary/aromatic N) is 1. The molecule has 3 unspecified atom stereocenters. The quantitative estimate of drug-likeness (QED) is 0.660. The summed E-state index contributed by atoms with van der Waals surface area (Å²) in [6.07, 6.45) is 6.77. The van der Waals surface area contributed by atoms with Gasteiger partial charge in [0.25, 0.3) is 0 Å². The van der Waals surface area contributed by atoms with Gasteiger partial charge in [0.2, 0.25) is 0 Å². The van der Waals surface area contributed by atoms with Gasteiger partial charge in [-0.3, -0.25) is 4.90 Å². The first kappa shape index (κ1) is 17.7. The van der Waals surface area contributed by atoms with E-state index in [-0.39, 0.29) is 22.9 Å². The molecule has 1 spiro atoms. The van der Waals surface area contributed by atoms with Crippen molar-refractivity contribution in [3.05, 3.63) is 12.2 Å². The Bertz CT molecular complexity index is 623. The topological polar surface area (TPSA) is 63.9 Å². The molecular formula is C22H35NO3. The number of aliphatic hydroxyl groups excluding tert-OH is 3. The predicted molar refractivity (Wildman–Crippen MR) is 100 cm³/mol. The molecule has 4 nitrogen and oxygen atoms in total. The van der Waals surface area contributed by atoms with Crippen LogP contribution in [-0.4, -0.2) is 58.7 Å². The number of rotatable bonds is 2. The average molecular weight is 362 g/mol. The van der Waals surface area contributed by atoms with E-state index in [0.29, 0.717) is 17.8 Å². The number of likely N-dealkylation sites (tertiary alicyclic amines) is 1. The maximum Gasteiger partial charge on any atom is 0.0834 e. The van der Waals surface area contributed by atoms with Gasteiger partial charge in [0.05, 0.1) is 18.8 Å². The number of piperidine rings is 1. The van der Waals surface area contributed by atoms with Gasteiger partial charge in [-0.2, -0.15) is 0 Å². The Morgan fingerprint density at radius 3 is 2.69 bits per heavy atom. The standard InChI is InChI=1S/C22H35NO3/c1-14-15-4-7-22(19(14)26)17(10-15)21-6-3-5-20(2,16(21)11-18(22)25)12-23(13-21)8-9-24/h15-19,24-26H,1,3-13H2,2H3/t15?,16-,17?,18+,19+,20+,21?,22-/m1/s1. The van der Waals surface area contributed by atoms with E-state index in [9.17, 15) is 15.3 Å². The highest BCUT2D eigenvalue weighted by atomic mass is 16.3. The maximum absolute atomic E-state index is 11.4. The lowest BCUT2D eigenvalue weighted by atomic mass is 9.34. The molecule has 146 valence electrons. The van der Waals surface area contributed by atoms with Crippen molar-refractivity contribution in [1.82, 2.24) is 4.90 Å². The van der Waals surface area contributed by atoms with Gasteiger partial charge in [0.15, 0.2) is 0 Å². The zero-order valence-corrected chi connectivity index (χ0v) is 16.2. The normalized spacial score (nSPS) is 56.2. The number of aliphatic hydroxyl groups is 3. The molecular weight excluding hydrogens is 326 g/mol. The van der Waals surface area contributed by atoms with E-state index in [4.69, 9.17) is 0 Å². The molecule has 6 rings (SSSR count). The second-order valence-corrected chi connectivity index (χ2v) is 10.6. The van der Waals surface area contributed by atoms with Crippen molar-refractivity contribution in [3.8, 4) is 0 Å². The Kier molecular flexibility index (Phi) is 3.78. The van der Waals surface area contributed by atoms with E-state index < -0.39 is 12.2 Å². The van der Waals surface area contributed by atoms with Crippen LogP contribution in [0.25, 0.3) is 0 Å². The summed E-state index contributed by atoms with van der Waals surface area (Å²) in [5, 5.41) is 32.2. The molecule has 1 saturated heterocycles. The van der Waals surface area contributed by atoms with E-state index in [2.05, 4.69) is 18.4 Å². The van der Waals surface area contributed by atoms with Gasteiger partial charge in [-0.15, -0.1) is 0 Å². The molecule has 4 heteroatoms. The van der Waals surface area contributed by atoms with E-state index in [1.54, 1.807) is 0 Å². The molecule has 26 heavy (non-hydrogen) atoms. The second kappa shape index (κ2) is 5.56.